The minimum Gasteiger partial charge on any atom is -0.369 e. The summed E-state index contributed by atoms with van der Waals surface area (Å²) in [6.07, 6.45) is -0.146. The van der Waals surface area contributed by atoms with E-state index in [4.69, 9.17) is 5.73 Å². The highest BCUT2D eigenvalue weighted by Gasteiger charge is 2.69. The van der Waals surface area contributed by atoms with E-state index in [1.807, 2.05) is 0 Å². The molecule has 1 aromatic carbocycles. The summed E-state index contributed by atoms with van der Waals surface area (Å²) in [6.45, 7) is 0. The number of nitrogens with zero attached hydrogens (tertiary/aromatic N) is 3. The first kappa shape index (κ1) is 24.1. The molecule has 0 aliphatic heterocycles. The first-order valence-electron chi connectivity index (χ1n) is 11.1. The maximum atomic E-state index is 15.1. The van der Waals surface area contributed by atoms with E-state index < -0.39 is 41.2 Å². The number of carbonyl (C=O) groups is 1. The van der Waals surface area contributed by atoms with Crippen molar-refractivity contribution in [2.75, 3.05) is 14.1 Å². The Labute approximate surface area is 194 Å². The van der Waals surface area contributed by atoms with Crippen LogP contribution in [0.2, 0.25) is 0 Å². The zero-order valence-electron chi connectivity index (χ0n) is 18.9. The second kappa shape index (κ2) is 8.98. The van der Waals surface area contributed by atoms with Crippen molar-refractivity contribution in [3.05, 3.63) is 59.8 Å². The number of likely N-dealkylation sites (N-methyl/N-ethyl adjacent to an activating group) is 1. The molecule has 1 saturated carbocycles. The van der Waals surface area contributed by atoms with Crippen LogP contribution in [-0.2, 0) is 11.2 Å². The standard InChI is InChI=1S/C24H27F4N5O/c1-33(2)16(10-14-5-6-19-18(21(14)25)13-31-32-19)11-17(22(29)34)20(15-4-3-9-30-12-15)23(7-8-23)24(26,27)28/h3-6,9,12-13,16-17,20H,7-8,10-11H2,1-2H3,(H2,29,34)(H,31,32)/t16-,17?,20?/m1/s1. The Morgan fingerprint density at radius 1 is 1.24 bits per heavy atom. The summed E-state index contributed by atoms with van der Waals surface area (Å²) in [6, 6.07) is 6.03. The molecule has 3 N–H and O–H groups in total. The van der Waals surface area contributed by atoms with Crippen molar-refractivity contribution in [2.45, 2.75) is 43.8 Å². The minimum absolute atomic E-state index is 0.0442. The van der Waals surface area contributed by atoms with Gasteiger partial charge in [0.2, 0.25) is 5.91 Å². The molecule has 2 aromatic heterocycles. The lowest BCUT2D eigenvalue weighted by Gasteiger charge is -2.37. The molecular weight excluding hydrogens is 450 g/mol. The van der Waals surface area contributed by atoms with Crippen LogP contribution in [0.25, 0.3) is 10.9 Å². The van der Waals surface area contributed by atoms with Crippen molar-refractivity contribution in [1.82, 2.24) is 20.1 Å². The third-order valence-corrected chi connectivity index (χ3v) is 7.11. The van der Waals surface area contributed by atoms with Gasteiger partial charge < -0.3 is 10.6 Å². The van der Waals surface area contributed by atoms with Gasteiger partial charge in [-0.05, 0) is 63.0 Å². The van der Waals surface area contributed by atoms with Crippen molar-refractivity contribution in [1.29, 1.82) is 0 Å². The maximum Gasteiger partial charge on any atom is 0.395 e. The maximum absolute atomic E-state index is 15.1. The van der Waals surface area contributed by atoms with Crippen LogP contribution >= 0.6 is 0 Å². The summed E-state index contributed by atoms with van der Waals surface area (Å²) in [7, 11) is 3.51. The first-order valence-corrected chi connectivity index (χ1v) is 11.1. The molecular formula is C24H27F4N5O. The second-order valence-corrected chi connectivity index (χ2v) is 9.35. The number of nitrogens with two attached hydrogens (primary N) is 1. The number of benzene rings is 1. The molecule has 0 spiro atoms. The number of pyridine rings is 1. The van der Waals surface area contributed by atoms with Crippen LogP contribution in [0.5, 0.6) is 0 Å². The third-order valence-electron chi connectivity index (χ3n) is 7.11. The normalized spacial score (nSPS) is 18.1. The van der Waals surface area contributed by atoms with E-state index in [1.165, 1.54) is 18.6 Å². The number of primary amides is 1. The van der Waals surface area contributed by atoms with Gasteiger partial charge in [-0.1, -0.05) is 12.1 Å². The van der Waals surface area contributed by atoms with Gasteiger partial charge in [0.05, 0.1) is 22.5 Å². The zero-order valence-corrected chi connectivity index (χ0v) is 18.9. The van der Waals surface area contributed by atoms with Gasteiger partial charge in [-0.25, -0.2) is 4.39 Å². The number of nitrogens with one attached hydrogen (secondary N) is 1. The number of amides is 1. The molecule has 182 valence electrons. The largest absolute Gasteiger partial charge is 0.395 e. The number of hydrogen-bond donors (Lipinski definition) is 2. The predicted octanol–water partition coefficient (Wildman–Crippen LogP) is 4.19. The van der Waals surface area contributed by atoms with Crippen LogP contribution in [0, 0.1) is 17.2 Å². The summed E-state index contributed by atoms with van der Waals surface area (Å²) < 4.78 is 57.8. The fraction of sp³-hybridized carbons (Fsp3) is 0.458. The van der Waals surface area contributed by atoms with Gasteiger partial charge in [0.1, 0.15) is 5.82 Å². The van der Waals surface area contributed by atoms with Crippen molar-refractivity contribution in [3.63, 3.8) is 0 Å². The molecule has 0 radical (unpaired) electrons. The Balaban J connectivity index is 1.70. The lowest BCUT2D eigenvalue weighted by Crippen LogP contribution is -2.43. The van der Waals surface area contributed by atoms with Gasteiger partial charge in [-0.2, -0.15) is 18.3 Å². The topological polar surface area (TPSA) is 87.9 Å². The number of rotatable bonds is 9. The van der Waals surface area contributed by atoms with E-state index in [9.17, 15) is 18.0 Å². The second-order valence-electron chi connectivity index (χ2n) is 9.35. The van der Waals surface area contributed by atoms with Gasteiger partial charge in [0.25, 0.3) is 0 Å². The Hall–Kier alpha value is -3.01. The van der Waals surface area contributed by atoms with Crippen LogP contribution < -0.4 is 5.73 Å². The van der Waals surface area contributed by atoms with Gasteiger partial charge in [-0.15, -0.1) is 0 Å². The molecule has 2 unspecified atom stereocenters. The van der Waals surface area contributed by atoms with E-state index in [1.54, 1.807) is 43.3 Å². The monoisotopic (exact) mass is 477 g/mol. The molecule has 3 aromatic rings. The third kappa shape index (κ3) is 4.38. The van der Waals surface area contributed by atoms with Crippen LogP contribution in [0.1, 0.15) is 36.3 Å². The first-order chi connectivity index (χ1) is 16.0. The average molecular weight is 478 g/mol. The highest BCUT2D eigenvalue weighted by atomic mass is 19.4. The summed E-state index contributed by atoms with van der Waals surface area (Å²) in [4.78, 5) is 18.5. The van der Waals surface area contributed by atoms with Crippen molar-refractivity contribution in [3.8, 4) is 0 Å². The number of alkyl halides is 3. The molecule has 4 rings (SSSR count). The van der Waals surface area contributed by atoms with Crippen molar-refractivity contribution < 1.29 is 22.4 Å². The van der Waals surface area contributed by atoms with E-state index in [0.29, 0.717) is 22.0 Å². The Morgan fingerprint density at radius 3 is 2.53 bits per heavy atom. The van der Waals surface area contributed by atoms with Crippen LogP contribution in [0.15, 0.2) is 42.9 Å². The summed E-state index contributed by atoms with van der Waals surface area (Å²) in [5, 5.41) is 6.90. The minimum atomic E-state index is -4.49. The van der Waals surface area contributed by atoms with Crippen LogP contribution in [0.3, 0.4) is 0 Å². The molecule has 0 saturated heterocycles. The molecule has 10 heteroatoms. The molecule has 6 nitrogen and oxygen atoms in total. The molecule has 1 amide bonds. The highest BCUT2D eigenvalue weighted by molar-refractivity contribution is 5.79. The number of aromatic nitrogens is 3. The van der Waals surface area contributed by atoms with Crippen LogP contribution in [0.4, 0.5) is 17.6 Å². The van der Waals surface area contributed by atoms with Crippen molar-refractivity contribution in [2.24, 2.45) is 17.1 Å². The van der Waals surface area contributed by atoms with Gasteiger partial charge >= 0.3 is 6.18 Å². The lowest BCUT2D eigenvalue weighted by atomic mass is 9.71. The molecule has 1 aliphatic rings. The lowest BCUT2D eigenvalue weighted by molar-refractivity contribution is -0.198. The molecule has 1 aliphatic carbocycles. The quantitative estimate of drug-likeness (QED) is 0.453. The predicted molar refractivity (Wildman–Crippen MR) is 119 cm³/mol. The van der Waals surface area contributed by atoms with E-state index in [2.05, 4.69) is 15.2 Å². The van der Waals surface area contributed by atoms with Gasteiger partial charge in [0, 0.05) is 30.3 Å². The molecule has 0 bridgehead atoms. The summed E-state index contributed by atoms with van der Waals surface area (Å²) >= 11 is 0. The Morgan fingerprint density at radius 2 is 1.97 bits per heavy atom. The smallest absolute Gasteiger partial charge is 0.369 e. The van der Waals surface area contributed by atoms with E-state index >= 15 is 4.39 Å². The fourth-order valence-electron chi connectivity index (χ4n) is 5.03. The van der Waals surface area contributed by atoms with Gasteiger partial charge in [-0.3, -0.25) is 14.9 Å². The Kier molecular flexibility index (Phi) is 6.37. The number of aromatic amines is 1. The number of halogens is 4. The number of H-pyrrole nitrogens is 1. The number of fused-ring (bicyclic) bond motifs is 1. The Bertz CT molecular complexity index is 1160. The van der Waals surface area contributed by atoms with Crippen molar-refractivity contribution >= 4 is 16.8 Å². The SMILES string of the molecule is CN(C)[C@H](Cc1ccc2[nH]ncc2c1F)CC(C(N)=O)C(c1cccnc1)C1(C(F)(F)F)CC1. The average Bonchev–Trinajstić information content (AvgIpc) is 3.44. The number of carbonyl (C=O) groups excluding carboxylic acids is 1. The number of hydrogen-bond acceptors (Lipinski definition) is 4. The van der Waals surface area contributed by atoms with E-state index in [0.717, 1.165) is 0 Å². The molecule has 1 fully saturated rings. The zero-order chi connectivity index (χ0) is 24.7. The fourth-order valence-corrected chi connectivity index (χ4v) is 5.03. The summed E-state index contributed by atoms with van der Waals surface area (Å²) in [5.41, 5.74) is 5.01. The highest BCUT2D eigenvalue weighted by Crippen LogP contribution is 2.67. The van der Waals surface area contributed by atoms with E-state index in [-0.39, 0.29) is 25.7 Å². The van der Waals surface area contributed by atoms with Gasteiger partial charge in [0.15, 0.2) is 0 Å². The molecule has 34 heavy (non-hydrogen) atoms. The van der Waals surface area contributed by atoms with Crippen LogP contribution in [-0.4, -0.2) is 52.3 Å². The molecule has 2 heterocycles. The summed E-state index contributed by atoms with van der Waals surface area (Å²) in [5.74, 6) is -3.52. The molecule has 3 atom stereocenters.